The van der Waals surface area contributed by atoms with Crippen LogP contribution >= 0.6 is 0 Å². The molecule has 0 spiro atoms. The molecule has 10 heteroatoms. The van der Waals surface area contributed by atoms with E-state index in [1.54, 1.807) is 0 Å². The number of hydrogen-bond acceptors (Lipinski definition) is 6. The number of unbranched alkanes of at least 4 members (excludes halogenated alkanes) is 3. The third-order valence-electron chi connectivity index (χ3n) is 3.53. The van der Waals surface area contributed by atoms with Crippen LogP contribution in [0.3, 0.4) is 0 Å². The number of hydrogen-bond donors (Lipinski definition) is 1. The van der Waals surface area contributed by atoms with Crippen molar-refractivity contribution in [2.45, 2.75) is 57.6 Å². The second-order valence-electron chi connectivity index (χ2n) is 4.82. The minimum absolute atomic E-state index is 0. The predicted molar refractivity (Wildman–Crippen MR) is 66.8 cm³/mol. The van der Waals surface area contributed by atoms with Crippen LogP contribution in [-0.2, 0) is 19.7 Å². The van der Waals surface area contributed by atoms with Gasteiger partial charge < -0.3 is 19.8 Å². The first-order chi connectivity index (χ1) is 9.13. The standard InChI is InChI=1S/C12H22O7S.2Na/c1-3-5-6-7-8-12(4-2,11(15)16)9(10(13)14)20(17,18)19;;/h9H,3-8H2,1-2H3,(H,13,14)(H,15,16)(H,17,18,19);;/q;2*+1/p-2. The average Bonchev–Trinajstić information content (AvgIpc) is 2.30. The Labute approximate surface area is 175 Å². The van der Waals surface area contributed by atoms with Gasteiger partial charge in [0.1, 0.15) is 5.25 Å². The molecule has 2 atom stereocenters. The smallest absolute Gasteiger partial charge is 0.549 e. The van der Waals surface area contributed by atoms with Gasteiger partial charge in [-0.2, -0.15) is 8.42 Å². The minimum Gasteiger partial charge on any atom is -0.549 e. The van der Waals surface area contributed by atoms with Crippen LogP contribution in [-0.4, -0.2) is 30.2 Å². The molecule has 22 heavy (non-hydrogen) atoms. The Balaban J connectivity index is -0.00000180. The molecule has 0 aromatic heterocycles. The van der Waals surface area contributed by atoms with E-state index in [4.69, 9.17) is 4.55 Å². The van der Waals surface area contributed by atoms with Crippen molar-refractivity contribution >= 4 is 22.1 Å². The van der Waals surface area contributed by atoms with Crippen molar-refractivity contribution in [1.29, 1.82) is 0 Å². The van der Waals surface area contributed by atoms with Crippen molar-refractivity contribution in [3.8, 4) is 0 Å². The van der Waals surface area contributed by atoms with Crippen molar-refractivity contribution in [2.24, 2.45) is 5.41 Å². The molecule has 7 nitrogen and oxygen atoms in total. The zero-order valence-corrected chi connectivity index (χ0v) is 18.4. The summed E-state index contributed by atoms with van der Waals surface area (Å²) < 4.78 is 31.5. The van der Waals surface area contributed by atoms with Gasteiger partial charge in [-0.25, -0.2) is 0 Å². The number of carbonyl (C=O) groups excluding carboxylic acids is 2. The summed E-state index contributed by atoms with van der Waals surface area (Å²) >= 11 is 0. The summed E-state index contributed by atoms with van der Waals surface area (Å²) in [5.41, 5.74) is -2.18. The monoisotopic (exact) mass is 354 g/mol. The van der Waals surface area contributed by atoms with Crippen molar-refractivity contribution in [3.05, 3.63) is 0 Å². The molecule has 0 radical (unpaired) electrons. The maximum atomic E-state index is 11.3. The van der Waals surface area contributed by atoms with E-state index >= 15 is 0 Å². The summed E-state index contributed by atoms with van der Waals surface area (Å²) in [6.45, 7) is 3.28. The van der Waals surface area contributed by atoms with Crippen LogP contribution in [0.25, 0.3) is 0 Å². The summed E-state index contributed by atoms with van der Waals surface area (Å²) in [5.74, 6) is -3.93. The molecule has 0 rings (SSSR count). The molecule has 1 N–H and O–H groups in total. The van der Waals surface area contributed by atoms with Crippen LogP contribution in [0.4, 0.5) is 0 Å². The molecule has 2 unspecified atom stereocenters. The average molecular weight is 354 g/mol. The molecule has 0 aliphatic rings. The van der Waals surface area contributed by atoms with Gasteiger partial charge in [0.2, 0.25) is 0 Å². The van der Waals surface area contributed by atoms with Crippen molar-refractivity contribution in [2.75, 3.05) is 0 Å². The Morgan fingerprint density at radius 1 is 1.09 bits per heavy atom. The molecule has 0 fully saturated rings. The third kappa shape index (κ3) is 7.61. The fourth-order valence-corrected chi connectivity index (χ4v) is 3.54. The van der Waals surface area contributed by atoms with E-state index in [1.807, 2.05) is 6.92 Å². The zero-order chi connectivity index (χ0) is 16.0. The van der Waals surface area contributed by atoms with E-state index in [0.717, 1.165) is 12.8 Å². The SMILES string of the molecule is CCCCCCC(CC)(C(=O)[O-])C(C(=O)[O-])S(=O)(=O)O.[Na+].[Na+]. The first-order valence-corrected chi connectivity index (χ1v) is 8.02. The molecule has 0 heterocycles. The minimum atomic E-state index is -5.10. The number of carboxylic acids is 2. The molecule has 0 saturated carbocycles. The van der Waals surface area contributed by atoms with E-state index in [2.05, 4.69) is 0 Å². The molecule has 0 bridgehead atoms. The Kier molecular flexibility index (Phi) is 15.4. The topological polar surface area (TPSA) is 135 Å². The van der Waals surface area contributed by atoms with Gasteiger partial charge in [0.15, 0.2) is 0 Å². The summed E-state index contributed by atoms with van der Waals surface area (Å²) in [6, 6.07) is 0. The molecule has 0 amide bonds. The summed E-state index contributed by atoms with van der Waals surface area (Å²) in [5, 5.41) is 19.8. The normalized spacial score (nSPS) is 14.9. The number of carbonyl (C=O) groups is 2. The summed E-state index contributed by atoms with van der Waals surface area (Å²) in [6.07, 6.45) is 2.16. The summed E-state index contributed by atoms with van der Waals surface area (Å²) in [4.78, 5) is 22.3. The van der Waals surface area contributed by atoms with Crippen LogP contribution in [0.1, 0.15) is 52.4 Å². The maximum absolute atomic E-state index is 11.3. The third-order valence-corrected chi connectivity index (χ3v) is 4.77. The Hall–Kier alpha value is 0.850. The van der Waals surface area contributed by atoms with Crippen LogP contribution in [0.15, 0.2) is 0 Å². The van der Waals surface area contributed by atoms with Crippen molar-refractivity contribution in [3.63, 3.8) is 0 Å². The molecule has 0 aliphatic carbocycles. The fourth-order valence-electron chi connectivity index (χ4n) is 2.35. The molecular formula is C12H20Na2O7S. The number of carboxylic acid groups (broad SMARTS) is 2. The van der Waals surface area contributed by atoms with Gasteiger partial charge in [0.05, 0.1) is 5.97 Å². The summed E-state index contributed by atoms with van der Waals surface area (Å²) in [7, 11) is -5.10. The Morgan fingerprint density at radius 2 is 1.59 bits per heavy atom. The van der Waals surface area contributed by atoms with E-state index < -0.39 is 32.7 Å². The van der Waals surface area contributed by atoms with Gasteiger partial charge in [-0.3, -0.25) is 4.55 Å². The molecular weight excluding hydrogens is 334 g/mol. The van der Waals surface area contributed by atoms with Gasteiger partial charge in [-0.15, -0.1) is 0 Å². The van der Waals surface area contributed by atoms with Gasteiger partial charge in [0.25, 0.3) is 10.1 Å². The van der Waals surface area contributed by atoms with Gasteiger partial charge >= 0.3 is 59.1 Å². The van der Waals surface area contributed by atoms with E-state index in [0.29, 0.717) is 12.8 Å². The van der Waals surface area contributed by atoms with Crippen LogP contribution in [0.5, 0.6) is 0 Å². The number of rotatable bonds is 10. The van der Waals surface area contributed by atoms with Crippen molar-refractivity contribution in [1.82, 2.24) is 0 Å². The Morgan fingerprint density at radius 3 is 1.86 bits per heavy atom. The predicted octanol–water partition coefficient (Wildman–Crippen LogP) is -6.88. The van der Waals surface area contributed by atoms with Crippen LogP contribution in [0.2, 0.25) is 0 Å². The first kappa shape index (κ1) is 27.7. The molecule has 0 saturated heterocycles. The maximum Gasteiger partial charge on any atom is 1.00 e. The van der Waals surface area contributed by atoms with Gasteiger partial charge in [-0.1, -0.05) is 39.5 Å². The largest absolute Gasteiger partial charge is 1.00 e. The molecule has 118 valence electrons. The fraction of sp³-hybridized carbons (Fsp3) is 0.833. The quantitative estimate of drug-likeness (QED) is 0.234. The second kappa shape index (κ2) is 12.2. The van der Waals surface area contributed by atoms with E-state index in [-0.39, 0.29) is 72.0 Å². The van der Waals surface area contributed by atoms with Crippen LogP contribution in [0, 0.1) is 5.41 Å². The van der Waals surface area contributed by atoms with E-state index in [9.17, 15) is 28.2 Å². The zero-order valence-electron chi connectivity index (χ0n) is 13.6. The second-order valence-corrected chi connectivity index (χ2v) is 6.32. The van der Waals surface area contributed by atoms with E-state index in [1.165, 1.54) is 6.92 Å². The van der Waals surface area contributed by atoms with Crippen LogP contribution < -0.4 is 69.3 Å². The number of aliphatic carboxylic acids is 2. The van der Waals surface area contributed by atoms with Gasteiger partial charge in [0, 0.05) is 11.4 Å². The molecule has 0 aliphatic heterocycles. The first-order valence-electron chi connectivity index (χ1n) is 6.52. The molecule has 0 aromatic rings. The van der Waals surface area contributed by atoms with Gasteiger partial charge in [-0.05, 0) is 12.8 Å². The Bertz CT molecular complexity index is 452. The molecule has 0 aromatic carbocycles. The van der Waals surface area contributed by atoms with Crippen molar-refractivity contribution < 1.29 is 91.9 Å².